The van der Waals surface area contributed by atoms with Crippen molar-refractivity contribution in [1.29, 1.82) is 0 Å². The molecule has 0 aliphatic carbocycles. The summed E-state index contributed by atoms with van der Waals surface area (Å²) in [6.45, 7) is -0.146. The fourth-order valence-electron chi connectivity index (χ4n) is 3.69. The van der Waals surface area contributed by atoms with Gasteiger partial charge in [0.2, 0.25) is 15.2 Å². The molecule has 0 saturated heterocycles. The molecule has 0 fully saturated rings. The summed E-state index contributed by atoms with van der Waals surface area (Å²) in [5.41, 5.74) is 2.24. The van der Waals surface area contributed by atoms with Gasteiger partial charge in [-0.1, -0.05) is 95.9 Å². The minimum absolute atomic E-state index is 0.146. The number of para-hydroxylation sites is 2. The largest absolute Gasteiger partial charge is 0.476 e. The van der Waals surface area contributed by atoms with Crippen LogP contribution >= 0.6 is 23.1 Å². The maximum atomic E-state index is 13.4. The quantitative estimate of drug-likeness (QED) is 0.259. The Kier molecular flexibility index (Phi) is 7.21. The van der Waals surface area contributed by atoms with Gasteiger partial charge in [0, 0.05) is 5.75 Å². The van der Waals surface area contributed by atoms with Gasteiger partial charge in [-0.3, -0.25) is 14.4 Å². The van der Waals surface area contributed by atoms with E-state index in [-0.39, 0.29) is 12.3 Å². The Balaban J connectivity index is 1.29. The van der Waals surface area contributed by atoms with Crippen molar-refractivity contribution < 1.29 is 17.9 Å². The van der Waals surface area contributed by atoms with Gasteiger partial charge in [0.25, 0.3) is 5.91 Å². The first-order valence-electron chi connectivity index (χ1n) is 11.1. The van der Waals surface area contributed by atoms with E-state index in [2.05, 4.69) is 15.5 Å². The highest BCUT2D eigenvalue weighted by molar-refractivity contribution is 8.00. The number of sulfonamides is 1. The van der Waals surface area contributed by atoms with Gasteiger partial charge < -0.3 is 4.74 Å². The van der Waals surface area contributed by atoms with E-state index >= 15 is 0 Å². The maximum Gasteiger partial charge on any atom is 0.269 e. The first-order chi connectivity index (χ1) is 17.5. The summed E-state index contributed by atoms with van der Waals surface area (Å²) in [7, 11) is -3.77. The molecule has 0 unspecified atom stereocenters. The van der Waals surface area contributed by atoms with Crippen LogP contribution in [-0.2, 0) is 26.3 Å². The SMILES string of the molecule is O=C(Nc1nnc(SCc2ccccc2)s1)[C@H]1CN(S(=O)(=O)Cc2ccccc2)c2ccccc2O1. The number of thioether (sulfide) groups is 1. The normalized spacial score (nSPS) is 15.1. The molecule has 5 rings (SSSR count). The number of fused-ring (bicyclic) bond motifs is 1. The van der Waals surface area contributed by atoms with E-state index in [1.807, 2.05) is 36.4 Å². The topological polar surface area (TPSA) is 101 Å². The summed E-state index contributed by atoms with van der Waals surface area (Å²) in [6, 6.07) is 25.7. The first-order valence-corrected chi connectivity index (χ1v) is 14.5. The highest BCUT2D eigenvalue weighted by atomic mass is 32.2. The molecule has 1 aliphatic heterocycles. The van der Waals surface area contributed by atoms with Gasteiger partial charge in [-0.25, -0.2) is 8.42 Å². The van der Waals surface area contributed by atoms with E-state index in [4.69, 9.17) is 4.74 Å². The summed E-state index contributed by atoms with van der Waals surface area (Å²) < 4.78 is 34.6. The Labute approximate surface area is 217 Å². The molecular formula is C25H22N4O4S3. The minimum atomic E-state index is -3.77. The molecule has 0 spiro atoms. The molecule has 184 valence electrons. The van der Waals surface area contributed by atoms with Crippen LogP contribution in [0, 0.1) is 0 Å². The van der Waals surface area contributed by atoms with E-state index in [1.165, 1.54) is 27.4 Å². The highest BCUT2D eigenvalue weighted by Crippen LogP contribution is 2.36. The molecule has 0 bridgehead atoms. The molecular weight excluding hydrogens is 517 g/mol. The first kappa shape index (κ1) is 24.3. The van der Waals surface area contributed by atoms with Crippen LogP contribution in [0.4, 0.5) is 10.8 Å². The Hall–Kier alpha value is -3.41. The van der Waals surface area contributed by atoms with Crippen molar-refractivity contribution in [3.05, 3.63) is 96.1 Å². The lowest BCUT2D eigenvalue weighted by Crippen LogP contribution is -2.49. The van der Waals surface area contributed by atoms with Crippen LogP contribution in [0.1, 0.15) is 11.1 Å². The fraction of sp³-hybridized carbons (Fsp3) is 0.160. The second-order valence-corrected chi connectivity index (χ2v) is 12.1. The zero-order chi connectivity index (χ0) is 25.0. The average molecular weight is 539 g/mol. The predicted octanol–water partition coefficient (Wildman–Crippen LogP) is 4.57. The molecule has 3 aromatic carbocycles. The fourth-order valence-corrected chi connectivity index (χ4v) is 6.98. The lowest BCUT2D eigenvalue weighted by Gasteiger charge is -2.34. The van der Waals surface area contributed by atoms with Crippen LogP contribution in [0.25, 0.3) is 0 Å². The number of carbonyl (C=O) groups is 1. The van der Waals surface area contributed by atoms with Gasteiger partial charge in [-0.2, -0.15) is 0 Å². The third kappa shape index (κ3) is 5.69. The third-order valence-electron chi connectivity index (χ3n) is 5.40. The van der Waals surface area contributed by atoms with Crippen molar-refractivity contribution in [3.63, 3.8) is 0 Å². The summed E-state index contributed by atoms with van der Waals surface area (Å²) in [5, 5.41) is 11.3. The number of rotatable bonds is 8. The van der Waals surface area contributed by atoms with Crippen molar-refractivity contribution in [2.45, 2.75) is 21.9 Å². The molecule has 11 heteroatoms. The van der Waals surface area contributed by atoms with Crippen molar-refractivity contribution in [2.24, 2.45) is 0 Å². The van der Waals surface area contributed by atoms with Gasteiger partial charge in [0.1, 0.15) is 5.75 Å². The number of amides is 1. The van der Waals surface area contributed by atoms with Crippen LogP contribution in [0.15, 0.2) is 89.3 Å². The molecule has 1 amide bonds. The predicted molar refractivity (Wildman–Crippen MR) is 142 cm³/mol. The number of benzene rings is 3. The summed E-state index contributed by atoms with van der Waals surface area (Å²) in [4.78, 5) is 13.1. The zero-order valence-electron chi connectivity index (χ0n) is 19.0. The van der Waals surface area contributed by atoms with E-state index < -0.39 is 22.0 Å². The second kappa shape index (κ2) is 10.7. The minimum Gasteiger partial charge on any atom is -0.476 e. The molecule has 0 radical (unpaired) electrons. The highest BCUT2D eigenvalue weighted by Gasteiger charge is 2.37. The molecule has 1 aliphatic rings. The smallest absolute Gasteiger partial charge is 0.269 e. The molecule has 1 aromatic heterocycles. The van der Waals surface area contributed by atoms with E-state index in [9.17, 15) is 13.2 Å². The van der Waals surface area contributed by atoms with Gasteiger partial charge in [0.15, 0.2) is 10.4 Å². The van der Waals surface area contributed by atoms with Crippen molar-refractivity contribution in [2.75, 3.05) is 16.2 Å². The average Bonchev–Trinajstić information content (AvgIpc) is 3.35. The number of nitrogens with one attached hydrogen (secondary N) is 1. The molecule has 1 N–H and O–H groups in total. The number of anilines is 2. The number of carbonyl (C=O) groups excluding carboxylic acids is 1. The van der Waals surface area contributed by atoms with Gasteiger partial charge in [-0.15, -0.1) is 10.2 Å². The Bertz CT molecular complexity index is 1450. The van der Waals surface area contributed by atoms with Gasteiger partial charge in [-0.05, 0) is 23.3 Å². The van der Waals surface area contributed by atoms with Crippen molar-refractivity contribution in [1.82, 2.24) is 10.2 Å². The molecule has 1 atom stereocenters. The number of aromatic nitrogens is 2. The van der Waals surface area contributed by atoms with E-state index in [0.29, 0.717) is 22.1 Å². The van der Waals surface area contributed by atoms with Crippen LogP contribution in [0.2, 0.25) is 0 Å². The lowest BCUT2D eigenvalue weighted by molar-refractivity contribution is -0.122. The van der Waals surface area contributed by atoms with Gasteiger partial charge in [0.05, 0.1) is 18.0 Å². The number of hydrogen-bond donors (Lipinski definition) is 1. The van der Waals surface area contributed by atoms with Crippen LogP contribution in [-0.4, -0.2) is 37.2 Å². The molecule has 4 aromatic rings. The maximum absolute atomic E-state index is 13.4. The number of hydrogen-bond acceptors (Lipinski definition) is 8. The standard InChI is InChI=1S/C25H22N4O4S3/c30-23(26-24-27-28-25(35-24)34-16-18-9-3-1-4-10-18)22-15-29(20-13-7-8-14-21(20)33-22)36(31,32)17-19-11-5-2-6-12-19/h1-14,22H,15-17H2,(H,26,27,30)/t22-/m1/s1. The summed E-state index contributed by atoms with van der Waals surface area (Å²) in [6.07, 6.45) is -1.05. The Morgan fingerprint density at radius 3 is 2.39 bits per heavy atom. The second-order valence-electron chi connectivity index (χ2n) is 7.98. The Morgan fingerprint density at radius 2 is 1.64 bits per heavy atom. The number of ether oxygens (including phenoxy) is 1. The zero-order valence-corrected chi connectivity index (χ0v) is 21.4. The molecule has 0 saturated carbocycles. The number of nitrogens with zero attached hydrogens (tertiary/aromatic N) is 3. The van der Waals surface area contributed by atoms with Crippen LogP contribution in [0.3, 0.4) is 0 Å². The van der Waals surface area contributed by atoms with Crippen LogP contribution < -0.4 is 14.4 Å². The van der Waals surface area contributed by atoms with Crippen LogP contribution in [0.5, 0.6) is 5.75 Å². The Morgan fingerprint density at radius 1 is 0.972 bits per heavy atom. The van der Waals surface area contributed by atoms with E-state index in [0.717, 1.165) is 15.7 Å². The van der Waals surface area contributed by atoms with Crippen molar-refractivity contribution in [3.8, 4) is 5.75 Å². The lowest BCUT2D eigenvalue weighted by atomic mass is 10.2. The van der Waals surface area contributed by atoms with Gasteiger partial charge >= 0.3 is 0 Å². The van der Waals surface area contributed by atoms with E-state index in [1.54, 1.807) is 48.5 Å². The van der Waals surface area contributed by atoms with Crippen molar-refractivity contribution >= 4 is 49.8 Å². The molecule has 36 heavy (non-hydrogen) atoms. The molecule has 8 nitrogen and oxygen atoms in total. The third-order valence-corrected chi connectivity index (χ3v) is 9.16. The summed E-state index contributed by atoms with van der Waals surface area (Å²) >= 11 is 2.79. The monoisotopic (exact) mass is 538 g/mol. The summed E-state index contributed by atoms with van der Waals surface area (Å²) in [5.74, 6) is 0.395. The molecule has 2 heterocycles.